The average molecular weight is 506 g/mol. The molecule has 1 N–H and O–H groups in total. The molecule has 3 rings (SSSR count). The van der Waals surface area contributed by atoms with Gasteiger partial charge in [0.1, 0.15) is 5.60 Å². The molecule has 2 aliphatic rings. The summed E-state index contributed by atoms with van der Waals surface area (Å²) in [7, 11) is 0.174. The summed E-state index contributed by atoms with van der Waals surface area (Å²) in [6.45, 7) is 17.8. The molecule has 2 bridgehead atoms. The highest BCUT2D eigenvalue weighted by molar-refractivity contribution is 6.74. The molecule has 2 unspecified atom stereocenters. The van der Waals surface area contributed by atoms with Crippen molar-refractivity contribution in [3.05, 3.63) is 29.5 Å². The van der Waals surface area contributed by atoms with Crippen LogP contribution in [0.3, 0.4) is 0 Å². The molecule has 8 nitrogen and oxygen atoms in total. The molecule has 2 atom stereocenters. The van der Waals surface area contributed by atoms with Gasteiger partial charge in [0.05, 0.1) is 12.6 Å². The Bertz CT molecular complexity index is 934. The van der Waals surface area contributed by atoms with E-state index in [4.69, 9.17) is 13.9 Å². The van der Waals surface area contributed by atoms with Crippen molar-refractivity contribution in [2.75, 3.05) is 33.5 Å². The first-order chi connectivity index (χ1) is 16.1. The summed E-state index contributed by atoms with van der Waals surface area (Å²) < 4.78 is 17.5. The molecule has 1 aromatic heterocycles. The van der Waals surface area contributed by atoms with E-state index < -0.39 is 13.9 Å². The molecule has 2 aliphatic heterocycles. The molecule has 0 spiro atoms. The first-order valence-electron chi connectivity index (χ1n) is 12.4. The third-order valence-electron chi connectivity index (χ3n) is 7.46. The monoisotopic (exact) mass is 505 g/mol. The van der Waals surface area contributed by atoms with Crippen molar-refractivity contribution in [2.24, 2.45) is 0 Å². The van der Waals surface area contributed by atoms with E-state index in [1.54, 1.807) is 11.1 Å². The van der Waals surface area contributed by atoms with Crippen LogP contribution in [0.1, 0.15) is 53.5 Å². The van der Waals surface area contributed by atoms with Crippen molar-refractivity contribution in [1.82, 2.24) is 14.8 Å². The van der Waals surface area contributed by atoms with Crippen LogP contribution in [0, 0.1) is 0 Å². The highest BCUT2D eigenvalue weighted by Crippen LogP contribution is 2.38. The van der Waals surface area contributed by atoms with Gasteiger partial charge >= 0.3 is 6.09 Å². The van der Waals surface area contributed by atoms with Crippen LogP contribution in [-0.2, 0) is 9.16 Å². The first-order valence-corrected chi connectivity index (χ1v) is 15.3. The van der Waals surface area contributed by atoms with Crippen LogP contribution in [-0.4, -0.2) is 85.5 Å². The molecular weight excluding hydrogens is 462 g/mol. The molecule has 3 heterocycles. The summed E-state index contributed by atoms with van der Waals surface area (Å²) in [4.78, 5) is 21.2. The Morgan fingerprint density at radius 1 is 1.17 bits per heavy atom. The number of pyridine rings is 1. The van der Waals surface area contributed by atoms with E-state index in [0.717, 1.165) is 23.1 Å². The van der Waals surface area contributed by atoms with Gasteiger partial charge in [0, 0.05) is 31.4 Å². The van der Waals surface area contributed by atoms with Gasteiger partial charge in [0.2, 0.25) is 5.88 Å². The predicted molar refractivity (Wildman–Crippen MR) is 140 cm³/mol. The number of carbonyl (C=O) groups is 1. The molecule has 1 saturated heterocycles. The number of ether oxygens (including phenoxy) is 2. The second kappa shape index (κ2) is 10.2. The fourth-order valence-electron chi connectivity index (χ4n) is 4.26. The smallest absolute Gasteiger partial charge is 0.410 e. The van der Waals surface area contributed by atoms with Gasteiger partial charge < -0.3 is 23.9 Å². The second-order valence-corrected chi connectivity index (χ2v) is 16.9. The van der Waals surface area contributed by atoms with E-state index >= 15 is 0 Å². The van der Waals surface area contributed by atoms with Crippen molar-refractivity contribution in [1.29, 1.82) is 0 Å². The number of aliphatic hydroxyl groups excluding tert-OH is 1. The van der Waals surface area contributed by atoms with Crippen molar-refractivity contribution in [3.63, 3.8) is 0 Å². The van der Waals surface area contributed by atoms with Gasteiger partial charge in [0.15, 0.2) is 15.1 Å². The number of nitrogens with zero attached hydrogens (tertiary/aromatic N) is 3. The number of amides is 1. The number of rotatable bonds is 6. The molecule has 1 amide bonds. The SMILES string of the molecule is CN1C2CC(c3ccc(OCO[Si](C)(C)C(C)(C)C)nc3)=C(CO)C1CN(C(=O)OC(C)(C)C)C2. The minimum Gasteiger partial charge on any atom is -0.452 e. The zero-order valence-electron chi connectivity index (χ0n) is 22.8. The third-order valence-corrected chi connectivity index (χ3v) is 11.9. The van der Waals surface area contributed by atoms with Crippen molar-refractivity contribution < 1.29 is 23.8 Å². The zero-order valence-corrected chi connectivity index (χ0v) is 23.8. The second-order valence-electron chi connectivity index (χ2n) is 12.1. The lowest BCUT2D eigenvalue weighted by atomic mass is 9.83. The Morgan fingerprint density at radius 3 is 2.40 bits per heavy atom. The lowest BCUT2D eigenvalue weighted by Gasteiger charge is -2.49. The zero-order chi connectivity index (χ0) is 26.2. The van der Waals surface area contributed by atoms with Gasteiger partial charge in [-0.3, -0.25) is 4.90 Å². The highest BCUT2D eigenvalue weighted by Gasteiger charge is 2.42. The number of likely N-dealkylation sites (N-methyl/N-ethyl adjacent to an activating group) is 1. The molecule has 0 saturated carbocycles. The Morgan fingerprint density at radius 2 is 1.86 bits per heavy atom. The van der Waals surface area contributed by atoms with Gasteiger partial charge in [-0.1, -0.05) is 20.8 Å². The molecule has 9 heteroatoms. The number of piperazine rings is 1. The van der Waals surface area contributed by atoms with Crippen LogP contribution in [0.15, 0.2) is 23.9 Å². The van der Waals surface area contributed by atoms with Crippen molar-refractivity contribution in [2.45, 2.75) is 83.8 Å². The Kier molecular flexibility index (Phi) is 8.06. The Labute approximate surface area is 211 Å². The Hall–Kier alpha value is -1.94. The molecule has 196 valence electrons. The van der Waals surface area contributed by atoms with E-state index in [9.17, 15) is 9.90 Å². The lowest BCUT2D eigenvalue weighted by molar-refractivity contribution is -0.00424. The van der Waals surface area contributed by atoms with Gasteiger partial charge in [0.25, 0.3) is 0 Å². The maximum Gasteiger partial charge on any atom is 0.410 e. The largest absolute Gasteiger partial charge is 0.452 e. The summed E-state index contributed by atoms with van der Waals surface area (Å²) in [5, 5.41) is 10.4. The quantitative estimate of drug-likeness (QED) is 0.450. The average Bonchev–Trinajstić information content (AvgIpc) is 2.72. The number of aliphatic hydroxyl groups is 1. The molecule has 0 radical (unpaired) electrons. The minimum absolute atomic E-state index is 0.0658. The normalized spacial score (nSPS) is 21.8. The van der Waals surface area contributed by atoms with Crippen LogP contribution >= 0.6 is 0 Å². The summed E-state index contributed by atoms with van der Waals surface area (Å²) >= 11 is 0. The van der Waals surface area contributed by atoms with Gasteiger partial charge in [-0.15, -0.1) is 0 Å². The first kappa shape index (κ1) is 27.6. The number of hydrogen-bond donors (Lipinski definition) is 1. The summed E-state index contributed by atoms with van der Waals surface area (Å²) in [6, 6.07) is 3.92. The molecule has 0 aromatic carbocycles. The minimum atomic E-state index is -1.89. The number of carbonyl (C=O) groups excluding carboxylic acids is 1. The summed E-state index contributed by atoms with van der Waals surface area (Å²) in [5.74, 6) is 0.517. The number of aromatic nitrogens is 1. The predicted octanol–water partition coefficient (Wildman–Crippen LogP) is 4.51. The molecule has 35 heavy (non-hydrogen) atoms. The highest BCUT2D eigenvalue weighted by atomic mass is 28.4. The molecule has 1 fully saturated rings. The molecule has 0 aliphatic carbocycles. The van der Waals surface area contributed by atoms with E-state index in [1.165, 1.54) is 0 Å². The van der Waals surface area contributed by atoms with Crippen LogP contribution in [0.4, 0.5) is 4.79 Å². The fourth-order valence-corrected chi connectivity index (χ4v) is 5.05. The van der Waals surface area contributed by atoms with E-state index in [-0.39, 0.29) is 36.6 Å². The van der Waals surface area contributed by atoms with Crippen LogP contribution in [0.2, 0.25) is 18.1 Å². The van der Waals surface area contributed by atoms with E-state index in [0.29, 0.717) is 19.0 Å². The van der Waals surface area contributed by atoms with Crippen LogP contribution in [0.5, 0.6) is 5.88 Å². The summed E-state index contributed by atoms with van der Waals surface area (Å²) in [6.07, 6.45) is 2.22. The molecular formula is C26H43N3O5Si. The summed E-state index contributed by atoms with van der Waals surface area (Å²) in [5.41, 5.74) is 2.46. The van der Waals surface area contributed by atoms with Gasteiger partial charge in [-0.2, -0.15) is 0 Å². The van der Waals surface area contributed by atoms with Gasteiger partial charge in [-0.25, -0.2) is 9.78 Å². The molecule has 1 aromatic rings. The van der Waals surface area contributed by atoms with Gasteiger partial charge in [-0.05, 0) is 75.1 Å². The third kappa shape index (κ3) is 6.44. The van der Waals surface area contributed by atoms with Crippen LogP contribution < -0.4 is 4.74 Å². The van der Waals surface area contributed by atoms with Crippen molar-refractivity contribution >= 4 is 20.0 Å². The maximum atomic E-state index is 12.7. The van der Waals surface area contributed by atoms with E-state index in [2.05, 4.69) is 50.8 Å². The number of hydrogen-bond acceptors (Lipinski definition) is 7. The van der Waals surface area contributed by atoms with Crippen LogP contribution in [0.25, 0.3) is 5.57 Å². The fraction of sp³-hybridized carbons (Fsp3) is 0.692. The van der Waals surface area contributed by atoms with E-state index in [1.807, 2.05) is 32.9 Å². The maximum absolute atomic E-state index is 12.7. The Balaban J connectivity index is 1.73. The number of fused-ring (bicyclic) bond motifs is 2. The standard InChI is InChI=1S/C26H43N3O5Si/c1-25(2,3)34-24(31)29-14-19-12-20(21(16-30)22(15-29)28(19)7)18-10-11-23(27-13-18)32-17-33-35(8,9)26(4,5)6/h10-11,13,19,22,30H,12,14-17H2,1-9H3. The van der Waals surface area contributed by atoms with Crippen molar-refractivity contribution in [3.8, 4) is 5.88 Å². The topological polar surface area (TPSA) is 84.4 Å². The lowest BCUT2D eigenvalue weighted by Crippen LogP contribution is -2.61.